The van der Waals surface area contributed by atoms with Crippen LogP contribution in [0.2, 0.25) is 0 Å². The van der Waals surface area contributed by atoms with Crippen LogP contribution in [-0.4, -0.2) is 25.5 Å². The Morgan fingerprint density at radius 2 is 2.05 bits per heavy atom. The zero-order valence-electron chi connectivity index (χ0n) is 11.7. The standard InChI is InChI=1S/C16H24N2O/c1-13(15-5-3-2-4-6-15)9-10-17-12-16(19)18-11-14-7-8-14/h2-6,13-14,17H,7-12H2,1H3,(H,18,19). The summed E-state index contributed by atoms with van der Waals surface area (Å²) in [5.41, 5.74) is 1.36. The summed E-state index contributed by atoms with van der Waals surface area (Å²) in [6.45, 7) is 4.41. The van der Waals surface area contributed by atoms with E-state index in [1.165, 1.54) is 18.4 Å². The molecule has 0 radical (unpaired) electrons. The average Bonchev–Trinajstić information content (AvgIpc) is 3.26. The zero-order chi connectivity index (χ0) is 13.5. The van der Waals surface area contributed by atoms with Crippen LogP contribution in [0.15, 0.2) is 30.3 Å². The van der Waals surface area contributed by atoms with Crippen molar-refractivity contribution in [3.8, 4) is 0 Å². The average molecular weight is 260 g/mol. The fourth-order valence-electron chi connectivity index (χ4n) is 2.11. The molecule has 0 aliphatic heterocycles. The van der Waals surface area contributed by atoms with Crippen molar-refractivity contribution in [3.63, 3.8) is 0 Å². The first kappa shape index (κ1) is 14.1. The number of carbonyl (C=O) groups is 1. The van der Waals surface area contributed by atoms with Crippen molar-refractivity contribution in [2.45, 2.75) is 32.1 Å². The summed E-state index contributed by atoms with van der Waals surface area (Å²) in [7, 11) is 0. The van der Waals surface area contributed by atoms with Gasteiger partial charge in [0.15, 0.2) is 0 Å². The maximum absolute atomic E-state index is 11.5. The first-order valence-corrected chi connectivity index (χ1v) is 7.28. The highest BCUT2D eigenvalue weighted by Crippen LogP contribution is 2.27. The van der Waals surface area contributed by atoms with E-state index < -0.39 is 0 Å². The molecule has 2 rings (SSSR count). The summed E-state index contributed by atoms with van der Waals surface area (Å²) in [6, 6.07) is 10.5. The van der Waals surface area contributed by atoms with Crippen molar-refractivity contribution in [2.75, 3.05) is 19.6 Å². The molecule has 0 aromatic heterocycles. The Balaban J connectivity index is 1.54. The molecule has 1 aromatic rings. The normalized spacial score (nSPS) is 16.1. The van der Waals surface area contributed by atoms with E-state index in [-0.39, 0.29) is 5.91 Å². The van der Waals surface area contributed by atoms with Gasteiger partial charge in [0.25, 0.3) is 0 Å². The summed E-state index contributed by atoms with van der Waals surface area (Å²) in [4.78, 5) is 11.5. The van der Waals surface area contributed by atoms with E-state index in [1.54, 1.807) is 0 Å². The van der Waals surface area contributed by atoms with Crippen molar-refractivity contribution < 1.29 is 4.79 Å². The minimum Gasteiger partial charge on any atom is -0.355 e. The van der Waals surface area contributed by atoms with Crippen molar-refractivity contribution in [2.24, 2.45) is 5.92 Å². The van der Waals surface area contributed by atoms with E-state index in [4.69, 9.17) is 0 Å². The second kappa shape index (κ2) is 7.29. The zero-order valence-corrected chi connectivity index (χ0v) is 11.7. The van der Waals surface area contributed by atoms with Gasteiger partial charge >= 0.3 is 0 Å². The molecule has 1 amide bonds. The van der Waals surface area contributed by atoms with Gasteiger partial charge in [-0.1, -0.05) is 37.3 Å². The Hall–Kier alpha value is -1.35. The fourth-order valence-corrected chi connectivity index (χ4v) is 2.11. The van der Waals surface area contributed by atoms with Gasteiger partial charge in [0, 0.05) is 6.54 Å². The first-order chi connectivity index (χ1) is 9.25. The topological polar surface area (TPSA) is 41.1 Å². The number of amides is 1. The Bertz CT molecular complexity index is 387. The van der Waals surface area contributed by atoms with Crippen LogP contribution >= 0.6 is 0 Å². The van der Waals surface area contributed by atoms with E-state index in [9.17, 15) is 4.79 Å². The van der Waals surface area contributed by atoms with Gasteiger partial charge < -0.3 is 10.6 Å². The Morgan fingerprint density at radius 3 is 2.74 bits per heavy atom. The van der Waals surface area contributed by atoms with Gasteiger partial charge in [0.05, 0.1) is 6.54 Å². The van der Waals surface area contributed by atoms with E-state index in [0.29, 0.717) is 12.5 Å². The Kier molecular flexibility index (Phi) is 5.40. The molecule has 1 atom stereocenters. The summed E-state index contributed by atoms with van der Waals surface area (Å²) in [5.74, 6) is 1.41. The molecule has 0 bridgehead atoms. The molecule has 19 heavy (non-hydrogen) atoms. The minimum absolute atomic E-state index is 0.124. The molecule has 3 heteroatoms. The van der Waals surface area contributed by atoms with Gasteiger partial charge in [-0.15, -0.1) is 0 Å². The lowest BCUT2D eigenvalue weighted by molar-refractivity contribution is -0.120. The minimum atomic E-state index is 0.124. The molecule has 2 N–H and O–H groups in total. The van der Waals surface area contributed by atoms with Crippen LogP contribution in [-0.2, 0) is 4.79 Å². The molecule has 3 nitrogen and oxygen atoms in total. The van der Waals surface area contributed by atoms with Crippen LogP contribution in [0.3, 0.4) is 0 Å². The summed E-state index contributed by atoms with van der Waals surface area (Å²) in [6.07, 6.45) is 3.62. The van der Waals surface area contributed by atoms with Gasteiger partial charge in [-0.05, 0) is 43.2 Å². The third-order valence-corrected chi connectivity index (χ3v) is 3.69. The highest BCUT2D eigenvalue weighted by Gasteiger charge is 2.21. The van der Waals surface area contributed by atoms with Crippen molar-refractivity contribution in [1.82, 2.24) is 10.6 Å². The predicted molar refractivity (Wildman–Crippen MR) is 78.1 cm³/mol. The van der Waals surface area contributed by atoms with Crippen molar-refractivity contribution in [3.05, 3.63) is 35.9 Å². The molecule has 1 aliphatic carbocycles. The highest BCUT2D eigenvalue weighted by atomic mass is 16.1. The molecule has 0 saturated heterocycles. The van der Waals surface area contributed by atoms with E-state index in [2.05, 4.69) is 41.8 Å². The monoisotopic (exact) mass is 260 g/mol. The first-order valence-electron chi connectivity index (χ1n) is 7.28. The SMILES string of the molecule is CC(CCNCC(=O)NCC1CC1)c1ccccc1. The molecular weight excluding hydrogens is 236 g/mol. The lowest BCUT2D eigenvalue weighted by atomic mass is 9.98. The molecule has 1 aromatic carbocycles. The van der Waals surface area contributed by atoms with Crippen LogP contribution in [0, 0.1) is 5.92 Å². The predicted octanol–water partition coefficient (Wildman–Crippen LogP) is 2.30. The number of benzene rings is 1. The van der Waals surface area contributed by atoms with Gasteiger partial charge in [-0.25, -0.2) is 0 Å². The van der Waals surface area contributed by atoms with Crippen molar-refractivity contribution >= 4 is 5.91 Å². The Morgan fingerprint density at radius 1 is 1.32 bits per heavy atom. The van der Waals surface area contributed by atoms with Crippen molar-refractivity contribution in [1.29, 1.82) is 0 Å². The number of nitrogens with one attached hydrogen (secondary N) is 2. The number of rotatable bonds is 8. The molecule has 1 unspecified atom stereocenters. The molecule has 1 aliphatic rings. The Labute approximate surface area is 115 Å². The van der Waals surface area contributed by atoms with Gasteiger partial charge in [-0.2, -0.15) is 0 Å². The quantitative estimate of drug-likeness (QED) is 0.704. The van der Waals surface area contributed by atoms with Gasteiger partial charge in [-0.3, -0.25) is 4.79 Å². The molecule has 0 spiro atoms. The molecule has 1 fully saturated rings. The van der Waals surface area contributed by atoms with E-state index >= 15 is 0 Å². The number of hydrogen-bond acceptors (Lipinski definition) is 2. The van der Waals surface area contributed by atoms with Crippen LogP contribution in [0.25, 0.3) is 0 Å². The maximum atomic E-state index is 11.5. The third-order valence-electron chi connectivity index (χ3n) is 3.69. The third kappa shape index (κ3) is 5.43. The van der Waals surface area contributed by atoms with Crippen LogP contribution in [0.4, 0.5) is 0 Å². The van der Waals surface area contributed by atoms with Crippen LogP contribution in [0.1, 0.15) is 37.7 Å². The fraction of sp³-hybridized carbons (Fsp3) is 0.562. The maximum Gasteiger partial charge on any atom is 0.233 e. The van der Waals surface area contributed by atoms with E-state index in [0.717, 1.165) is 25.4 Å². The molecule has 1 saturated carbocycles. The lowest BCUT2D eigenvalue weighted by Crippen LogP contribution is -2.35. The lowest BCUT2D eigenvalue weighted by Gasteiger charge is -2.12. The van der Waals surface area contributed by atoms with Crippen LogP contribution in [0.5, 0.6) is 0 Å². The van der Waals surface area contributed by atoms with E-state index in [1.807, 2.05) is 6.07 Å². The second-order valence-corrected chi connectivity index (χ2v) is 5.52. The summed E-state index contributed by atoms with van der Waals surface area (Å²) < 4.78 is 0. The molecule has 0 heterocycles. The largest absolute Gasteiger partial charge is 0.355 e. The second-order valence-electron chi connectivity index (χ2n) is 5.52. The number of hydrogen-bond donors (Lipinski definition) is 2. The summed E-state index contributed by atoms with van der Waals surface area (Å²) >= 11 is 0. The smallest absolute Gasteiger partial charge is 0.233 e. The highest BCUT2D eigenvalue weighted by molar-refractivity contribution is 5.77. The summed E-state index contributed by atoms with van der Waals surface area (Å²) in [5, 5.41) is 6.18. The van der Waals surface area contributed by atoms with Crippen LogP contribution < -0.4 is 10.6 Å². The van der Waals surface area contributed by atoms with Gasteiger partial charge in [0.2, 0.25) is 5.91 Å². The molecule has 104 valence electrons. The van der Waals surface area contributed by atoms with Gasteiger partial charge in [0.1, 0.15) is 0 Å². The number of carbonyl (C=O) groups excluding carboxylic acids is 1. The molecular formula is C16H24N2O.